The van der Waals surface area contributed by atoms with Crippen LogP contribution in [0.5, 0.6) is 0 Å². The monoisotopic (exact) mass is 373 g/mol. The largest absolute Gasteiger partial charge is 0.315 e. The Kier molecular flexibility index (Phi) is 5.32. The molecule has 0 aliphatic carbocycles. The van der Waals surface area contributed by atoms with E-state index in [-0.39, 0.29) is 10.7 Å². The Hall–Kier alpha value is -1.45. The third-order valence-corrected chi connectivity index (χ3v) is 4.61. The first kappa shape index (κ1) is 15.9. The van der Waals surface area contributed by atoms with Crippen LogP contribution in [0.4, 0.5) is 5.82 Å². The van der Waals surface area contributed by atoms with Gasteiger partial charge in [-0.1, -0.05) is 6.92 Å². The summed E-state index contributed by atoms with van der Waals surface area (Å²) in [5, 5.41) is 7.19. The molecule has 0 saturated carbocycles. The van der Waals surface area contributed by atoms with Crippen molar-refractivity contribution in [2.24, 2.45) is 0 Å². The van der Waals surface area contributed by atoms with Crippen LogP contribution in [0.2, 0.25) is 0 Å². The van der Waals surface area contributed by atoms with Crippen LogP contribution in [-0.4, -0.2) is 36.3 Å². The third-order valence-electron chi connectivity index (χ3n) is 2.68. The molecule has 21 heavy (non-hydrogen) atoms. The van der Waals surface area contributed by atoms with Crippen LogP contribution in [0.1, 0.15) is 6.92 Å². The van der Waals surface area contributed by atoms with Crippen LogP contribution >= 0.6 is 15.9 Å². The van der Waals surface area contributed by atoms with Gasteiger partial charge in [-0.2, -0.15) is 5.10 Å². The van der Waals surface area contributed by atoms with Gasteiger partial charge in [0.25, 0.3) is 10.0 Å². The molecule has 0 radical (unpaired) electrons. The van der Waals surface area contributed by atoms with Gasteiger partial charge in [-0.15, -0.1) is 0 Å². The van der Waals surface area contributed by atoms with Gasteiger partial charge in [0.1, 0.15) is 4.90 Å². The molecule has 0 aliphatic rings. The fourth-order valence-electron chi connectivity index (χ4n) is 1.62. The first-order valence-corrected chi connectivity index (χ1v) is 8.67. The number of rotatable bonds is 7. The smallest absolute Gasteiger partial charge is 0.266 e. The number of nitrogens with zero attached hydrogens (tertiary/aromatic N) is 3. The molecule has 0 amide bonds. The van der Waals surface area contributed by atoms with Gasteiger partial charge in [-0.3, -0.25) is 9.40 Å². The first-order chi connectivity index (χ1) is 10.0. The molecule has 0 aromatic carbocycles. The van der Waals surface area contributed by atoms with Gasteiger partial charge in [0.05, 0.1) is 17.2 Å². The topological polar surface area (TPSA) is 88.9 Å². The van der Waals surface area contributed by atoms with Crippen molar-refractivity contribution < 1.29 is 8.42 Å². The number of likely N-dealkylation sites (N-methyl/N-ethyl adjacent to an activating group) is 1. The number of sulfonamides is 1. The lowest BCUT2D eigenvalue weighted by Gasteiger charge is -2.06. The van der Waals surface area contributed by atoms with Crippen molar-refractivity contribution in [1.29, 1.82) is 0 Å². The van der Waals surface area contributed by atoms with E-state index in [4.69, 9.17) is 0 Å². The normalized spacial score (nSPS) is 11.5. The van der Waals surface area contributed by atoms with Gasteiger partial charge in [0.2, 0.25) is 0 Å². The van der Waals surface area contributed by atoms with Crippen LogP contribution < -0.4 is 10.0 Å². The molecule has 0 unspecified atom stereocenters. The van der Waals surface area contributed by atoms with Gasteiger partial charge in [0, 0.05) is 18.9 Å². The summed E-state index contributed by atoms with van der Waals surface area (Å²) in [6, 6.07) is 3.42. The SMILES string of the molecule is CCNCCn1cc(S(=O)(=O)Nc2ncccc2Br)cn1. The Balaban J connectivity index is 2.11. The Morgan fingerprint density at radius 3 is 2.95 bits per heavy atom. The van der Waals surface area contributed by atoms with Crippen molar-refractivity contribution in [3.63, 3.8) is 0 Å². The second kappa shape index (κ2) is 7.01. The van der Waals surface area contributed by atoms with Crippen LogP contribution in [0.25, 0.3) is 0 Å². The third kappa shape index (κ3) is 4.26. The zero-order valence-electron chi connectivity index (χ0n) is 11.5. The highest BCUT2D eigenvalue weighted by molar-refractivity contribution is 9.10. The summed E-state index contributed by atoms with van der Waals surface area (Å²) in [6.45, 7) is 4.21. The number of nitrogens with one attached hydrogen (secondary N) is 2. The molecule has 9 heteroatoms. The van der Waals surface area contributed by atoms with E-state index in [1.807, 2.05) is 6.92 Å². The van der Waals surface area contributed by atoms with Crippen LogP contribution in [0.3, 0.4) is 0 Å². The zero-order chi connectivity index (χ0) is 15.3. The summed E-state index contributed by atoms with van der Waals surface area (Å²) in [5.74, 6) is 0.248. The molecule has 0 aliphatic heterocycles. The maximum absolute atomic E-state index is 12.3. The fraction of sp³-hybridized carbons (Fsp3) is 0.333. The van der Waals surface area contributed by atoms with E-state index in [2.05, 4.69) is 36.1 Å². The zero-order valence-corrected chi connectivity index (χ0v) is 13.9. The molecule has 0 atom stereocenters. The maximum Gasteiger partial charge on any atom is 0.266 e. The van der Waals surface area contributed by atoms with E-state index in [0.29, 0.717) is 11.0 Å². The Morgan fingerprint density at radius 1 is 1.43 bits per heavy atom. The summed E-state index contributed by atoms with van der Waals surface area (Å²) in [7, 11) is -3.69. The van der Waals surface area contributed by atoms with Crippen molar-refractivity contribution >= 4 is 31.8 Å². The predicted octanol–water partition coefficient (Wildman–Crippen LogP) is 1.45. The van der Waals surface area contributed by atoms with E-state index >= 15 is 0 Å². The average Bonchev–Trinajstić information content (AvgIpc) is 2.91. The summed E-state index contributed by atoms with van der Waals surface area (Å²) in [6.07, 6.45) is 4.34. The lowest BCUT2D eigenvalue weighted by Crippen LogP contribution is -2.19. The second-order valence-corrected chi connectivity index (χ2v) is 6.77. The molecule has 7 nitrogen and oxygen atoms in total. The predicted molar refractivity (Wildman–Crippen MR) is 83.5 cm³/mol. The molecule has 0 spiro atoms. The second-order valence-electron chi connectivity index (χ2n) is 4.23. The van der Waals surface area contributed by atoms with E-state index < -0.39 is 10.0 Å². The molecule has 2 heterocycles. The number of halogens is 1. The van der Waals surface area contributed by atoms with Gasteiger partial charge < -0.3 is 5.32 Å². The lowest BCUT2D eigenvalue weighted by atomic mass is 10.5. The molecule has 0 fully saturated rings. The summed E-state index contributed by atoms with van der Waals surface area (Å²) in [4.78, 5) is 4.09. The molecule has 2 aromatic rings. The standard InChI is InChI=1S/C12H16BrN5O2S/c1-2-14-6-7-18-9-10(8-16-18)21(19,20)17-12-11(13)4-3-5-15-12/h3-5,8-9,14H,2,6-7H2,1H3,(H,15,17). The van der Waals surface area contributed by atoms with E-state index in [0.717, 1.165) is 13.1 Å². The number of hydrogen-bond acceptors (Lipinski definition) is 5. The molecular formula is C12H16BrN5O2S. The quantitative estimate of drug-likeness (QED) is 0.717. The highest BCUT2D eigenvalue weighted by atomic mass is 79.9. The van der Waals surface area contributed by atoms with Gasteiger partial charge in [-0.05, 0) is 34.6 Å². The summed E-state index contributed by atoms with van der Waals surface area (Å²) < 4.78 is 29.1. The van der Waals surface area contributed by atoms with Crippen LogP contribution in [0, 0.1) is 0 Å². The first-order valence-electron chi connectivity index (χ1n) is 6.39. The summed E-state index contributed by atoms with van der Waals surface area (Å²) >= 11 is 3.25. The number of anilines is 1. The number of hydrogen-bond donors (Lipinski definition) is 2. The Morgan fingerprint density at radius 2 is 2.24 bits per heavy atom. The Labute approximate surface area is 132 Å². The molecule has 2 rings (SSSR count). The minimum atomic E-state index is -3.69. The van der Waals surface area contributed by atoms with Crippen molar-refractivity contribution in [3.8, 4) is 0 Å². The van der Waals surface area contributed by atoms with E-state index in [9.17, 15) is 8.42 Å². The minimum absolute atomic E-state index is 0.108. The molecule has 114 valence electrons. The number of aromatic nitrogens is 3. The molecule has 2 aromatic heterocycles. The van der Waals surface area contributed by atoms with Gasteiger partial charge in [-0.25, -0.2) is 13.4 Å². The highest BCUT2D eigenvalue weighted by Crippen LogP contribution is 2.21. The van der Waals surface area contributed by atoms with Gasteiger partial charge >= 0.3 is 0 Å². The van der Waals surface area contributed by atoms with Crippen molar-refractivity contribution in [2.45, 2.75) is 18.4 Å². The van der Waals surface area contributed by atoms with Crippen LogP contribution in [-0.2, 0) is 16.6 Å². The minimum Gasteiger partial charge on any atom is -0.315 e. The molecular weight excluding hydrogens is 358 g/mol. The average molecular weight is 374 g/mol. The number of pyridine rings is 1. The van der Waals surface area contributed by atoms with E-state index in [1.54, 1.807) is 16.8 Å². The maximum atomic E-state index is 12.3. The van der Waals surface area contributed by atoms with Crippen molar-refractivity contribution in [2.75, 3.05) is 17.8 Å². The molecule has 2 N–H and O–H groups in total. The van der Waals surface area contributed by atoms with Gasteiger partial charge in [0.15, 0.2) is 5.82 Å². The fourth-order valence-corrected chi connectivity index (χ4v) is 3.09. The summed E-state index contributed by atoms with van der Waals surface area (Å²) in [5.41, 5.74) is 0. The lowest BCUT2D eigenvalue weighted by molar-refractivity contribution is 0.564. The highest BCUT2D eigenvalue weighted by Gasteiger charge is 2.18. The molecule has 0 bridgehead atoms. The Bertz CT molecular complexity index is 701. The van der Waals surface area contributed by atoms with E-state index in [1.165, 1.54) is 18.6 Å². The van der Waals surface area contributed by atoms with Crippen LogP contribution in [0.15, 0.2) is 40.1 Å². The molecule has 0 saturated heterocycles. The van der Waals surface area contributed by atoms with Crippen molar-refractivity contribution in [3.05, 3.63) is 35.2 Å². The van der Waals surface area contributed by atoms with Crippen molar-refractivity contribution in [1.82, 2.24) is 20.1 Å².